The number of aryl methyl sites for hydroxylation is 2. The van der Waals surface area contributed by atoms with E-state index in [4.69, 9.17) is 14.4 Å². The summed E-state index contributed by atoms with van der Waals surface area (Å²) in [6, 6.07) is 6.00. The number of hydrogen-bond donors (Lipinski definition) is 2. The first-order valence-corrected chi connectivity index (χ1v) is 10.1. The summed E-state index contributed by atoms with van der Waals surface area (Å²) in [5.74, 6) is 0.270. The number of fused-ring (bicyclic) bond motifs is 1. The van der Waals surface area contributed by atoms with Crippen LogP contribution in [0.25, 0.3) is 10.2 Å². The summed E-state index contributed by atoms with van der Waals surface area (Å²) in [6.07, 6.45) is 0.843. The zero-order chi connectivity index (χ0) is 21.7. The Bertz CT molecular complexity index is 1060. The number of carboxylic acid groups (broad SMARTS) is 1. The Morgan fingerprint density at radius 1 is 1.43 bits per heavy atom. The molecule has 0 spiro atoms. The number of anilines is 1. The van der Waals surface area contributed by atoms with Crippen LogP contribution in [0.1, 0.15) is 30.6 Å². The summed E-state index contributed by atoms with van der Waals surface area (Å²) in [5, 5.41) is 14.1. The molecule has 0 saturated carbocycles. The Labute approximate surface area is 175 Å². The molecule has 2 amide bonds. The highest BCUT2D eigenvalue weighted by molar-refractivity contribution is 7.22. The molecule has 3 aromatic rings. The van der Waals surface area contributed by atoms with Crippen molar-refractivity contribution in [1.82, 2.24) is 20.4 Å². The van der Waals surface area contributed by atoms with Gasteiger partial charge in [-0.15, -0.1) is 0 Å². The van der Waals surface area contributed by atoms with E-state index in [1.165, 1.54) is 11.3 Å². The van der Waals surface area contributed by atoms with Crippen LogP contribution in [0.4, 0.5) is 5.13 Å². The minimum Gasteiger partial charge on any atom is -0.483 e. The third-order valence-corrected chi connectivity index (χ3v) is 5.54. The van der Waals surface area contributed by atoms with Gasteiger partial charge in [0.15, 0.2) is 11.0 Å². The van der Waals surface area contributed by atoms with Gasteiger partial charge in [-0.1, -0.05) is 29.5 Å². The maximum Gasteiger partial charge on any atom is 0.290 e. The fraction of sp³-hybridized carbons (Fsp3) is 0.368. The molecule has 1 fully saturated rings. The first-order valence-electron chi connectivity index (χ1n) is 9.29. The molecule has 0 radical (unpaired) electrons. The fourth-order valence-electron chi connectivity index (χ4n) is 3.02. The van der Waals surface area contributed by atoms with Gasteiger partial charge in [-0.2, -0.15) is 4.98 Å². The lowest BCUT2D eigenvalue weighted by Crippen LogP contribution is -2.32. The molecule has 1 atom stereocenters. The van der Waals surface area contributed by atoms with Gasteiger partial charge in [0.1, 0.15) is 0 Å². The van der Waals surface area contributed by atoms with Crippen molar-refractivity contribution in [1.29, 1.82) is 0 Å². The van der Waals surface area contributed by atoms with Gasteiger partial charge in [0, 0.05) is 19.4 Å². The van der Waals surface area contributed by atoms with Crippen LogP contribution in [0, 0.1) is 12.8 Å². The van der Waals surface area contributed by atoms with Gasteiger partial charge in [0.2, 0.25) is 17.7 Å². The Hall–Kier alpha value is -3.34. The van der Waals surface area contributed by atoms with Crippen LogP contribution in [-0.2, 0) is 27.3 Å². The van der Waals surface area contributed by atoms with Crippen LogP contribution >= 0.6 is 11.3 Å². The molecular weight excluding hydrogens is 410 g/mol. The second-order valence-corrected chi connectivity index (χ2v) is 7.66. The molecule has 11 heteroatoms. The van der Waals surface area contributed by atoms with Crippen molar-refractivity contribution in [3.05, 3.63) is 35.5 Å². The standard InChI is InChI=1S/C18H19N5O3S.CH2O2/c1-3-14-21-15(26-22-14)8-19-17(25)11-7-16(24)23(9-11)18-20-12-5-4-10(2)6-13(12)27-18;2-1-3/h4-6,11H,3,7-9H2,1-2H3,(H,19,25);1H,(H,2,3). The molecule has 1 aromatic carbocycles. The third-order valence-electron chi connectivity index (χ3n) is 4.50. The number of carbonyl (C=O) groups is 3. The number of nitrogens with zero attached hydrogens (tertiary/aromatic N) is 4. The Morgan fingerprint density at radius 3 is 2.90 bits per heavy atom. The fourth-order valence-corrected chi connectivity index (χ4v) is 4.11. The van der Waals surface area contributed by atoms with E-state index >= 15 is 0 Å². The van der Waals surface area contributed by atoms with E-state index < -0.39 is 5.92 Å². The molecule has 0 aliphatic carbocycles. The first kappa shape index (κ1) is 21.4. The summed E-state index contributed by atoms with van der Waals surface area (Å²) in [6.45, 7) is 4.19. The van der Waals surface area contributed by atoms with Crippen molar-refractivity contribution in [3.63, 3.8) is 0 Å². The van der Waals surface area contributed by atoms with Crippen LogP contribution in [-0.4, -0.2) is 45.1 Å². The second-order valence-electron chi connectivity index (χ2n) is 6.65. The van der Waals surface area contributed by atoms with Crippen molar-refractivity contribution in [2.45, 2.75) is 33.2 Å². The van der Waals surface area contributed by atoms with E-state index in [1.54, 1.807) is 4.90 Å². The van der Waals surface area contributed by atoms with E-state index in [0.29, 0.717) is 29.8 Å². The summed E-state index contributed by atoms with van der Waals surface area (Å²) in [4.78, 5) is 43.5. The predicted molar refractivity (Wildman–Crippen MR) is 109 cm³/mol. The highest BCUT2D eigenvalue weighted by atomic mass is 32.1. The zero-order valence-electron chi connectivity index (χ0n) is 16.5. The monoisotopic (exact) mass is 431 g/mol. The van der Waals surface area contributed by atoms with Gasteiger partial charge < -0.3 is 14.9 Å². The van der Waals surface area contributed by atoms with E-state index in [0.717, 1.165) is 15.8 Å². The maximum absolute atomic E-state index is 12.4. The SMILES string of the molecule is CCc1noc(CNC(=O)C2CC(=O)N(c3nc4ccc(C)cc4s3)C2)n1.O=CO. The first-order chi connectivity index (χ1) is 14.4. The molecule has 0 bridgehead atoms. The van der Waals surface area contributed by atoms with E-state index in [-0.39, 0.29) is 31.3 Å². The highest BCUT2D eigenvalue weighted by Crippen LogP contribution is 2.33. The number of hydrogen-bond acceptors (Lipinski definition) is 8. The molecule has 30 heavy (non-hydrogen) atoms. The molecule has 10 nitrogen and oxygen atoms in total. The molecule has 2 N–H and O–H groups in total. The number of nitrogens with one attached hydrogen (secondary N) is 1. The van der Waals surface area contributed by atoms with Crippen molar-refractivity contribution >= 4 is 45.0 Å². The lowest BCUT2D eigenvalue weighted by atomic mass is 10.1. The van der Waals surface area contributed by atoms with Crippen LogP contribution in [0.2, 0.25) is 0 Å². The van der Waals surface area contributed by atoms with Crippen molar-refractivity contribution < 1.29 is 24.0 Å². The van der Waals surface area contributed by atoms with Crippen LogP contribution < -0.4 is 10.2 Å². The number of benzene rings is 1. The molecule has 1 aliphatic rings. The van der Waals surface area contributed by atoms with Gasteiger partial charge in [-0.05, 0) is 24.6 Å². The van der Waals surface area contributed by atoms with Crippen molar-refractivity contribution in [2.24, 2.45) is 5.92 Å². The van der Waals surface area contributed by atoms with Gasteiger partial charge in [0.05, 0.1) is 22.7 Å². The Kier molecular flexibility index (Phi) is 6.72. The third kappa shape index (κ3) is 4.79. The summed E-state index contributed by atoms with van der Waals surface area (Å²) >= 11 is 1.47. The Balaban J connectivity index is 0.000000806. The number of aromatic nitrogens is 3. The topological polar surface area (TPSA) is 139 Å². The van der Waals surface area contributed by atoms with Crippen molar-refractivity contribution in [3.8, 4) is 0 Å². The second kappa shape index (κ2) is 9.44. The molecule has 1 unspecified atom stereocenters. The lowest BCUT2D eigenvalue weighted by molar-refractivity contribution is -0.126. The van der Waals surface area contributed by atoms with E-state index in [9.17, 15) is 9.59 Å². The average Bonchev–Trinajstić information content (AvgIpc) is 3.44. The number of thiazole rings is 1. The van der Waals surface area contributed by atoms with Crippen molar-refractivity contribution in [2.75, 3.05) is 11.4 Å². The minimum atomic E-state index is -0.417. The quantitative estimate of drug-likeness (QED) is 0.584. The molecular formula is C19H21N5O5S. The van der Waals surface area contributed by atoms with Gasteiger partial charge in [0.25, 0.3) is 6.47 Å². The summed E-state index contributed by atoms with van der Waals surface area (Å²) < 4.78 is 6.10. The molecule has 1 saturated heterocycles. The summed E-state index contributed by atoms with van der Waals surface area (Å²) in [5.41, 5.74) is 2.01. The van der Waals surface area contributed by atoms with Gasteiger partial charge >= 0.3 is 0 Å². The van der Waals surface area contributed by atoms with E-state index in [1.807, 2.05) is 26.0 Å². The highest BCUT2D eigenvalue weighted by Gasteiger charge is 2.36. The number of rotatable bonds is 5. The zero-order valence-corrected chi connectivity index (χ0v) is 17.3. The van der Waals surface area contributed by atoms with E-state index in [2.05, 4.69) is 26.5 Å². The number of carbonyl (C=O) groups excluding carboxylic acids is 2. The number of amides is 2. The minimum absolute atomic E-state index is 0.0861. The molecule has 1 aliphatic heterocycles. The average molecular weight is 431 g/mol. The maximum atomic E-state index is 12.4. The molecule has 3 heterocycles. The summed E-state index contributed by atoms with van der Waals surface area (Å²) in [7, 11) is 0. The Morgan fingerprint density at radius 2 is 2.20 bits per heavy atom. The van der Waals surface area contributed by atoms with Crippen LogP contribution in [0.15, 0.2) is 22.7 Å². The predicted octanol–water partition coefficient (Wildman–Crippen LogP) is 1.92. The van der Waals surface area contributed by atoms with Gasteiger partial charge in [-0.25, -0.2) is 4.98 Å². The molecule has 158 valence electrons. The smallest absolute Gasteiger partial charge is 0.290 e. The molecule has 2 aromatic heterocycles. The normalized spacial score (nSPS) is 15.7. The molecule has 4 rings (SSSR count). The largest absolute Gasteiger partial charge is 0.483 e. The lowest BCUT2D eigenvalue weighted by Gasteiger charge is -2.12. The van der Waals surface area contributed by atoms with Crippen LogP contribution in [0.3, 0.4) is 0 Å². The van der Waals surface area contributed by atoms with Crippen LogP contribution in [0.5, 0.6) is 0 Å². The van der Waals surface area contributed by atoms with Gasteiger partial charge in [-0.3, -0.25) is 19.3 Å².